The summed E-state index contributed by atoms with van der Waals surface area (Å²) in [4.78, 5) is 5.39. The van der Waals surface area contributed by atoms with Gasteiger partial charge in [0.1, 0.15) is 0 Å². The van der Waals surface area contributed by atoms with Gasteiger partial charge >= 0.3 is 0 Å². The number of nitrogens with zero attached hydrogens (tertiary/aromatic N) is 2. The van der Waals surface area contributed by atoms with Crippen LogP contribution in [0.15, 0.2) is 0 Å². The van der Waals surface area contributed by atoms with E-state index in [0.717, 1.165) is 18.0 Å². The van der Waals surface area contributed by atoms with Gasteiger partial charge in [0.15, 0.2) is 0 Å². The minimum atomic E-state index is 0.874. The van der Waals surface area contributed by atoms with Gasteiger partial charge in [-0.05, 0) is 51.6 Å². The van der Waals surface area contributed by atoms with Crippen molar-refractivity contribution in [3.05, 3.63) is 0 Å². The Balaban J connectivity index is 1.61. The smallest absolute Gasteiger partial charge is 0.0135 e. The monoisotopic (exact) mass is 237 g/mol. The number of piperazine rings is 1. The summed E-state index contributed by atoms with van der Waals surface area (Å²) in [7, 11) is 2.34. The van der Waals surface area contributed by atoms with Crippen LogP contribution in [0.4, 0.5) is 0 Å². The summed E-state index contributed by atoms with van der Waals surface area (Å²) in [6.45, 7) is 6.26. The number of likely N-dealkylation sites (tertiary alicyclic amines) is 1. The van der Waals surface area contributed by atoms with Crippen molar-refractivity contribution in [1.82, 2.24) is 15.1 Å². The number of hydrogen-bond donors (Lipinski definition) is 1. The first kappa shape index (κ1) is 11.9. The van der Waals surface area contributed by atoms with E-state index in [0.29, 0.717) is 0 Å². The zero-order chi connectivity index (χ0) is 11.7. The molecule has 0 aromatic carbocycles. The summed E-state index contributed by atoms with van der Waals surface area (Å²) in [5, 5.41) is 3.47. The molecular formula is C14H27N3. The number of piperidine rings is 1. The van der Waals surface area contributed by atoms with Gasteiger partial charge in [-0.1, -0.05) is 0 Å². The molecule has 3 fully saturated rings. The second-order valence-corrected chi connectivity index (χ2v) is 6.20. The summed E-state index contributed by atoms with van der Waals surface area (Å²) in [5.74, 6) is 1.01. The Labute approximate surface area is 106 Å². The van der Waals surface area contributed by atoms with Crippen molar-refractivity contribution in [1.29, 1.82) is 0 Å². The Hall–Kier alpha value is -0.120. The van der Waals surface area contributed by atoms with E-state index in [1.54, 1.807) is 0 Å². The molecule has 0 aromatic rings. The van der Waals surface area contributed by atoms with E-state index in [9.17, 15) is 0 Å². The maximum Gasteiger partial charge on any atom is 0.0135 e. The highest BCUT2D eigenvalue weighted by Crippen LogP contribution is 2.36. The number of fused-ring (bicyclic) bond motifs is 1. The van der Waals surface area contributed by atoms with E-state index in [2.05, 4.69) is 22.2 Å². The first-order valence-corrected chi connectivity index (χ1v) is 7.49. The molecule has 3 heteroatoms. The van der Waals surface area contributed by atoms with Crippen molar-refractivity contribution in [2.45, 2.75) is 44.2 Å². The summed E-state index contributed by atoms with van der Waals surface area (Å²) in [6.07, 6.45) is 7.28. The molecule has 2 heterocycles. The Morgan fingerprint density at radius 1 is 1.00 bits per heavy atom. The summed E-state index contributed by atoms with van der Waals surface area (Å²) >= 11 is 0. The summed E-state index contributed by atoms with van der Waals surface area (Å²) < 4.78 is 0. The minimum Gasteiger partial charge on any atom is -0.314 e. The van der Waals surface area contributed by atoms with Crippen LogP contribution in [0.5, 0.6) is 0 Å². The second-order valence-electron chi connectivity index (χ2n) is 6.20. The van der Waals surface area contributed by atoms with Crippen LogP contribution >= 0.6 is 0 Å². The van der Waals surface area contributed by atoms with Crippen molar-refractivity contribution in [3.8, 4) is 0 Å². The van der Waals surface area contributed by atoms with Crippen molar-refractivity contribution >= 4 is 0 Å². The molecule has 1 N–H and O–H groups in total. The standard InChI is InChI=1S/C14H27N3/c1-16-8-2-3-12-4-5-13(11-14(12)16)17-9-6-15-7-10-17/h12-15H,2-11H2,1H3. The zero-order valence-corrected chi connectivity index (χ0v) is 11.2. The summed E-state index contributed by atoms with van der Waals surface area (Å²) in [5.41, 5.74) is 0. The van der Waals surface area contributed by atoms with Crippen LogP contribution in [0, 0.1) is 5.92 Å². The molecule has 0 spiro atoms. The van der Waals surface area contributed by atoms with Crippen molar-refractivity contribution in [2.75, 3.05) is 39.8 Å². The SMILES string of the molecule is CN1CCCC2CCC(N3CCNCC3)CC21. The van der Waals surface area contributed by atoms with Gasteiger partial charge in [-0.15, -0.1) is 0 Å². The lowest BCUT2D eigenvalue weighted by atomic mass is 9.76. The van der Waals surface area contributed by atoms with Gasteiger partial charge in [-0.3, -0.25) is 4.90 Å². The van der Waals surface area contributed by atoms with E-state index in [4.69, 9.17) is 0 Å². The van der Waals surface area contributed by atoms with Crippen LogP contribution in [0.3, 0.4) is 0 Å². The van der Waals surface area contributed by atoms with E-state index < -0.39 is 0 Å². The van der Waals surface area contributed by atoms with Crippen molar-refractivity contribution in [2.24, 2.45) is 5.92 Å². The summed E-state index contributed by atoms with van der Waals surface area (Å²) in [6, 6.07) is 1.76. The third-order valence-electron chi connectivity index (χ3n) is 5.25. The third kappa shape index (κ3) is 2.51. The highest BCUT2D eigenvalue weighted by molar-refractivity contribution is 4.93. The molecule has 1 saturated carbocycles. The average molecular weight is 237 g/mol. The molecule has 0 amide bonds. The molecule has 0 aromatic heterocycles. The van der Waals surface area contributed by atoms with Crippen molar-refractivity contribution in [3.63, 3.8) is 0 Å². The molecule has 0 radical (unpaired) electrons. The average Bonchev–Trinajstić information content (AvgIpc) is 2.40. The fraction of sp³-hybridized carbons (Fsp3) is 1.00. The van der Waals surface area contributed by atoms with Crippen LogP contribution in [0.1, 0.15) is 32.1 Å². The third-order valence-corrected chi connectivity index (χ3v) is 5.25. The molecular weight excluding hydrogens is 210 g/mol. The first-order valence-electron chi connectivity index (χ1n) is 7.49. The molecule has 2 saturated heterocycles. The molecule has 1 aliphatic carbocycles. The minimum absolute atomic E-state index is 0.874. The maximum atomic E-state index is 3.47. The quantitative estimate of drug-likeness (QED) is 0.738. The van der Waals surface area contributed by atoms with E-state index in [-0.39, 0.29) is 0 Å². The van der Waals surface area contributed by atoms with Gasteiger partial charge in [-0.25, -0.2) is 0 Å². The molecule has 98 valence electrons. The number of nitrogens with one attached hydrogen (secondary N) is 1. The Kier molecular flexibility index (Phi) is 3.69. The lowest BCUT2D eigenvalue weighted by molar-refractivity contribution is 0.0292. The van der Waals surface area contributed by atoms with E-state index >= 15 is 0 Å². The van der Waals surface area contributed by atoms with Gasteiger partial charge < -0.3 is 10.2 Å². The second kappa shape index (κ2) is 5.25. The molecule has 3 unspecified atom stereocenters. The van der Waals surface area contributed by atoms with Crippen molar-refractivity contribution < 1.29 is 0 Å². The Bertz CT molecular complexity index is 250. The molecule has 17 heavy (non-hydrogen) atoms. The molecule has 3 aliphatic rings. The number of hydrogen-bond acceptors (Lipinski definition) is 3. The fourth-order valence-electron chi connectivity index (χ4n) is 4.21. The zero-order valence-electron chi connectivity index (χ0n) is 11.2. The molecule has 2 aliphatic heterocycles. The Morgan fingerprint density at radius 3 is 2.65 bits per heavy atom. The van der Waals surface area contributed by atoms with Gasteiger partial charge in [0.05, 0.1) is 0 Å². The molecule has 0 bridgehead atoms. The normalized spacial score (nSPS) is 41.1. The van der Waals surface area contributed by atoms with E-state index in [1.807, 2.05) is 0 Å². The predicted molar refractivity (Wildman–Crippen MR) is 71.2 cm³/mol. The van der Waals surface area contributed by atoms with Gasteiger partial charge in [-0.2, -0.15) is 0 Å². The van der Waals surface area contributed by atoms with Gasteiger partial charge in [0.25, 0.3) is 0 Å². The van der Waals surface area contributed by atoms with Crippen LogP contribution in [0.25, 0.3) is 0 Å². The fourth-order valence-corrected chi connectivity index (χ4v) is 4.21. The molecule has 3 atom stereocenters. The lowest BCUT2D eigenvalue weighted by Crippen LogP contribution is -2.54. The predicted octanol–water partition coefficient (Wildman–Crippen LogP) is 1.15. The number of rotatable bonds is 1. The highest BCUT2D eigenvalue weighted by atomic mass is 15.2. The first-order chi connectivity index (χ1) is 8.34. The Morgan fingerprint density at radius 2 is 1.82 bits per heavy atom. The van der Waals surface area contributed by atoms with Crippen LogP contribution < -0.4 is 5.32 Å². The van der Waals surface area contributed by atoms with E-state index in [1.165, 1.54) is 64.8 Å². The highest BCUT2D eigenvalue weighted by Gasteiger charge is 2.37. The molecule has 3 nitrogen and oxygen atoms in total. The van der Waals surface area contributed by atoms with Crippen LogP contribution in [-0.4, -0.2) is 61.7 Å². The molecule has 3 rings (SSSR count). The van der Waals surface area contributed by atoms with Crippen LogP contribution in [0.2, 0.25) is 0 Å². The lowest BCUT2D eigenvalue weighted by Gasteiger charge is -2.48. The largest absolute Gasteiger partial charge is 0.314 e. The van der Waals surface area contributed by atoms with Gasteiger partial charge in [0.2, 0.25) is 0 Å². The topological polar surface area (TPSA) is 18.5 Å². The van der Waals surface area contributed by atoms with Crippen LogP contribution in [-0.2, 0) is 0 Å². The maximum absolute atomic E-state index is 3.47. The van der Waals surface area contributed by atoms with Gasteiger partial charge in [0, 0.05) is 38.3 Å².